The molecule has 1 aromatic carbocycles. The lowest BCUT2D eigenvalue weighted by Gasteiger charge is -2.26. The minimum absolute atomic E-state index is 0.118. The van der Waals surface area contributed by atoms with Crippen molar-refractivity contribution in [3.8, 4) is 0 Å². The van der Waals surface area contributed by atoms with E-state index < -0.39 is 65.4 Å². The van der Waals surface area contributed by atoms with Crippen LogP contribution in [0.15, 0.2) is 29.3 Å². The van der Waals surface area contributed by atoms with Crippen LogP contribution in [0.2, 0.25) is 0 Å². The molecular weight excluding hydrogens is 644 g/mol. The molecule has 18 heteroatoms. The third kappa shape index (κ3) is 11.9. The third-order valence-corrected chi connectivity index (χ3v) is 8.40. The Bertz CT molecular complexity index is 1510. The molecule has 0 spiro atoms. The summed E-state index contributed by atoms with van der Waals surface area (Å²) >= 11 is 1.18. The number of carbonyl (C=O) groups is 7. The standard InChI is InChI=1S/C30H42N10O7S/c1-16(41)36-21-15-24(43)34-13-5-4-8-19(38-27(46)20(39-28(21)47)11-12-23(31)42)26(45)37-18(9-6-14-35-30(32)33)25(44)29-40-17-7-2-3-10-22(17)48-29/h2-3,7,10,18-21H,4-6,8-9,11-15H2,1H3,(H2,31,42)(H,34,43)(H,36,41)(H,37,45)(H,38,46)(H,39,47)(H4,32,33,35)/t18?,19-,20-,21-/m0/s1. The van der Waals surface area contributed by atoms with E-state index in [9.17, 15) is 33.6 Å². The number of thiazole rings is 1. The summed E-state index contributed by atoms with van der Waals surface area (Å²) in [5.74, 6) is -4.68. The number of Topliss-reactive ketones (excluding diaryl/α,β-unsaturated/α-hetero) is 1. The first kappa shape index (κ1) is 37.3. The highest BCUT2D eigenvalue weighted by molar-refractivity contribution is 7.20. The van der Waals surface area contributed by atoms with E-state index >= 15 is 0 Å². The van der Waals surface area contributed by atoms with Gasteiger partial charge >= 0.3 is 0 Å². The number of hydrogen-bond acceptors (Lipinski definition) is 10. The highest BCUT2D eigenvalue weighted by Crippen LogP contribution is 2.23. The Morgan fingerprint density at radius 3 is 2.50 bits per heavy atom. The minimum Gasteiger partial charge on any atom is -0.370 e. The van der Waals surface area contributed by atoms with Crippen LogP contribution >= 0.6 is 11.3 Å². The molecule has 17 nitrogen and oxygen atoms in total. The molecule has 3 rings (SSSR count). The molecule has 1 saturated heterocycles. The van der Waals surface area contributed by atoms with Gasteiger partial charge in [-0.3, -0.25) is 38.6 Å². The molecule has 0 aliphatic carbocycles. The Hall–Kier alpha value is -5.13. The number of aliphatic imine (C=N–C) groups is 1. The van der Waals surface area contributed by atoms with Crippen molar-refractivity contribution in [2.45, 2.75) is 82.5 Å². The molecule has 0 saturated carbocycles. The van der Waals surface area contributed by atoms with Crippen LogP contribution in [-0.2, 0) is 28.8 Å². The van der Waals surface area contributed by atoms with Gasteiger partial charge in [0.25, 0.3) is 0 Å². The van der Waals surface area contributed by atoms with Gasteiger partial charge in [0.2, 0.25) is 41.2 Å². The van der Waals surface area contributed by atoms with Crippen molar-refractivity contribution in [2.24, 2.45) is 22.2 Å². The molecule has 0 radical (unpaired) electrons. The minimum atomic E-state index is -1.35. The number of nitrogens with two attached hydrogens (primary N) is 3. The predicted molar refractivity (Wildman–Crippen MR) is 177 cm³/mol. The van der Waals surface area contributed by atoms with Gasteiger partial charge in [-0.1, -0.05) is 12.1 Å². The number of hydrogen-bond donors (Lipinski definition) is 8. The average molecular weight is 687 g/mol. The van der Waals surface area contributed by atoms with Crippen LogP contribution in [0.1, 0.15) is 68.1 Å². The van der Waals surface area contributed by atoms with Gasteiger partial charge in [-0.2, -0.15) is 0 Å². The Morgan fingerprint density at radius 1 is 1.06 bits per heavy atom. The summed E-state index contributed by atoms with van der Waals surface area (Å²) in [5, 5.41) is 13.1. The topological polar surface area (TPSA) is 283 Å². The molecule has 260 valence electrons. The smallest absolute Gasteiger partial charge is 0.243 e. The third-order valence-electron chi connectivity index (χ3n) is 7.35. The fourth-order valence-electron chi connectivity index (χ4n) is 4.95. The fourth-order valence-corrected chi connectivity index (χ4v) is 5.91. The van der Waals surface area contributed by atoms with Crippen molar-refractivity contribution in [1.82, 2.24) is 31.6 Å². The molecule has 1 aromatic heterocycles. The predicted octanol–water partition coefficient (Wildman–Crippen LogP) is -1.55. The average Bonchev–Trinajstić information content (AvgIpc) is 3.46. The maximum atomic E-state index is 13.8. The summed E-state index contributed by atoms with van der Waals surface area (Å²) in [7, 11) is 0. The van der Waals surface area contributed by atoms with Crippen molar-refractivity contribution in [3.05, 3.63) is 29.3 Å². The molecular formula is C30H42N10O7S. The number of fused-ring (bicyclic) bond motifs is 1. The summed E-state index contributed by atoms with van der Waals surface area (Å²) in [5.41, 5.74) is 16.8. The Labute approximate surface area is 280 Å². The van der Waals surface area contributed by atoms with Crippen LogP contribution in [0.4, 0.5) is 0 Å². The van der Waals surface area contributed by atoms with Crippen molar-refractivity contribution >= 4 is 68.7 Å². The number of guanidine groups is 1. The van der Waals surface area contributed by atoms with E-state index in [1.807, 2.05) is 12.1 Å². The largest absolute Gasteiger partial charge is 0.370 e. The van der Waals surface area contributed by atoms with E-state index in [0.29, 0.717) is 24.8 Å². The SMILES string of the molecule is CC(=O)N[C@H]1CC(=O)NCCCC[C@@H](C(=O)NC(CCCN=C(N)N)C(=O)c2nc3ccccc3s2)NC(=O)[C@H](CCC(N)=O)NC1=O. The molecule has 4 atom stereocenters. The maximum Gasteiger partial charge on any atom is 0.243 e. The van der Waals surface area contributed by atoms with Crippen LogP contribution in [0.25, 0.3) is 10.2 Å². The van der Waals surface area contributed by atoms with Crippen molar-refractivity contribution in [1.29, 1.82) is 0 Å². The van der Waals surface area contributed by atoms with Crippen molar-refractivity contribution in [2.75, 3.05) is 13.1 Å². The van der Waals surface area contributed by atoms with Crippen LogP contribution in [0.3, 0.4) is 0 Å². The molecule has 11 N–H and O–H groups in total. The number of rotatable bonds is 12. The maximum absolute atomic E-state index is 13.8. The molecule has 1 unspecified atom stereocenters. The Balaban J connectivity index is 1.87. The highest BCUT2D eigenvalue weighted by Gasteiger charge is 2.33. The molecule has 1 aliphatic rings. The second-order valence-corrected chi connectivity index (χ2v) is 12.3. The van der Waals surface area contributed by atoms with Gasteiger partial charge < -0.3 is 43.8 Å². The first-order chi connectivity index (χ1) is 22.8. The summed E-state index contributed by atoms with van der Waals surface area (Å²) in [6, 6.07) is 2.36. The van der Waals surface area contributed by atoms with Crippen LogP contribution in [0, 0.1) is 0 Å². The highest BCUT2D eigenvalue weighted by atomic mass is 32.1. The van der Waals surface area contributed by atoms with Gasteiger partial charge in [-0.05, 0) is 50.7 Å². The quantitative estimate of drug-likeness (QED) is 0.0550. The molecule has 0 bridgehead atoms. The fraction of sp³-hybridized carbons (Fsp3) is 0.500. The molecule has 6 amide bonds. The lowest BCUT2D eigenvalue weighted by atomic mass is 10.0. The zero-order chi connectivity index (χ0) is 35.2. The normalized spacial score (nSPS) is 19.9. The Kier molecular flexibility index (Phi) is 14.2. The number of carbonyl (C=O) groups excluding carboxylic acids is 7. The van der Waals surface area contributed by atoms with Crippen LogP contribution in [0.5, 0.6) is 0 Å². The lowest BCUT2D eigenvalue weighted by molar-refractivity contribution is -0.135. The number of benzene rings is 1. The zero-order valence-electron chi connectivity index (χ0n) is 26.6. The van der Waals surface area contributed by atoms with E-state index in [2.05, 4.69) is 36.6 Å². The number of amides is 6. The van der Waals surface area contributed by atoms with Gasteiger partial charge in [0.1, 0.15) is 18.1 Å². The van der Waals surface area contributed by atoms with E-state index in [0.717, 1.165) is 4.70 Å². The second-order valence-electron chi connectivity index (χ2n) is 11.3. The van der Waals surface area contributed by atoms with Gasteiger partial charge in [-0.25, -0.2) is 4.98 Å². The molecule has 2 heterocycles. The first-order valence-corrected chi connectivity index (χ1v) is 16.3. The molecule has 1 aliphatic heterocycles. The Morgan fingerprint density at radius 2 is 1.81 bits per heavy atom. The number of para-hydroxylation sites is 1. The monoisotopic (exact) mass is 686 g/mol. The van der Waals surface area contributed by atoms with Crippen molar-refractivity contribution < 1.29 is 33.6 Å². The van der Waals surface area contributed by atoms with E-state index in [-0.39, 0.29) is 56.2 Å². The summed E-state index contributed by atoms with van der Waals surface area (Å²) in [6.45, 7) is 1.58. The lowest BCUT2D eigenvalue weighted by Crippen LogP contribution is -2.58. The van der Waals surface area contributed by atoms with E-state index in [1.165, 1.54) is 18.3 Å². The van der Waals surface area contributed by atoms with E-state index in [1.54, 1.807) is 12.1 Å². The summed E-state index contributed by atoms with van der Waals surface area (Å²) < 4.78 is 0.793. The number of primary amides is 1. The van der Waals surface area contributed by atoms with Gasteiger partial charge in [-0.15, -0.1) is 11.3 Å². The number of nitrogens with zero attached hydrogens (tertiary/aromatic N) is 2. The molecule has 48 heavy (non-hydrogen) atoms. The summed E-state index contributed by atoms with van der Waals surface area (Å²) in [4.78, 5) is 98.3. The van der Waals surface area contributed by atoms with Gasteiger partial charge in [0.15, 0.2) is 11.0 Å². The number of aromatic nitrogens is 1. The molecule has 1 fully saturated rings. The van der Waals surface area contributed by atoms with Gasteiger partial charge in [0, 0.05) is 26.4 Å². The number of ketones is 1. The van der Waals surface area contributed by atoms with Gasteiger partial charge in [0.05, 0.1) is 22.7 Å². The van der Waals surface area contributed by atoms with Crippen molar-refractivity contribution in [3.63, 3.8) is 0 Å². The van der Waals surface area contributed by atoms with E-state index in [4.69, 9.17) is 17.2 Å². The zero-order valence-corrected chi connectivity index (χ0v) is 27.4. The second kappa shape index (κ2) is 18.3. The summed E-state index contributed by atoms with van der Waals surface area (Å²) in [6.07, 6.45) is 0.535. The van der Waals surface area contributed by atoms with Crippen LogP contribution in [-0.4, -0.2) is 89.4 Å². The number of nitrogens with one attached hydrogen (secondary N) is 5. The molecule has 2 aromatic rings. The van der Waals surface area contributed by atoms with Crippen LogP contribution < -0.4 is 43.8 Å². The first-order valence-electron chi connectivity index (χ1n) is 15.5.